The Morgan fingerprint density at radius 2 is 1.38 bits per heavy atom. The Hall–Kier alpha value is -2.43. The van der Waals surface area contributed by atoms with Gasteiger partial charge in [0.2, 0.25) is 0 Å². The summed E-state index contributed by atoms with van der Waals surface area (Å²) >= 11 is 0. The van der Waals surface area contributed by atoms with Crippen LogP contribution in [0.4, 0.5) is 0 Å². The first kappa shape index (κ1) is 8.84. The molecule has 3 aromatic rings. The van der Waals surface area contributed by atoms with Crippen molar-refractivity contribution >= 4 is 0 Å². The van der Waals surface area contributed by atoms with Crippen molar-refractivity contribution in [2.24, 2.45) is 0 Å². The number of hydrogen-bond acceptors (Lipinski definition) is 3. The van der Waals surface area contributed by atoms with Gasteiger partial charge >= 0.3 is 0 Å². The van der Waals surface area contributed by atoms with Gasteiger partial charge in [-0.05, 0) is 18.2 Å². The van der Waals surface area contributed by atoms with E-state index >= 15 is 0 Å². The first-order valence-electron chi connectivity index (χ1n) is 4.88. The lowest BCUT2D eigenvalue weighted by Gasteiger charge is -2.04. The molecule has 0 N–H and O–H groups in total. The lowest BCUT2D eigenvalue weighted by molar-refractivity contribution is 0.845. The summed E-state index contributed by atoms with van der Waals surface area (Å²) in [5, 5.41) is 8.31. The minimum absolute atomic E-state index is 0.915. The Kier molecular flexibility index (Phi) is 2.00. The van der Waals surface area contributed by atoms with Crippen LogP contribution in [-0.4, -0.2) is 24.5 Å². The van der Waals surface area contributed by atoms with Gasteiger partial charge in [-0.2, -0.15) is 10.2 Å². The number of nitrogens with zero attached hydrogens (tertiary/aromatic N) is 5. The Morgan fingerprint density at radius 1 is 0.812 bits per heavy atom. The molecule has 0 aliphatic carbocycles. The highest BCUT2D eigenvalue weighted by atomic mass is 15.3. The highest BCUT2D eigenvalue weighted by Gasteiger charge is 2.00. The highest BCUT2D eigenvalue weighted by Crippen LogP contribution is 2.10. The van der Waals surface area contributed by atoms with Crippen molar-refractivity contribution < 1.29 is 0 Å². The van der Waals surface area contributed by atoms with Crippen LogP contribution in [0.3, 0.4) is 0 Å². The lowest BCUT2D eigenvalue weighted by atomic mass is 10.4. The van der Waals surface area contributed by atoms with Crippen LogP contribution >= 0.6 is 0 Å². The van der Waals surface area contributed by atoms with E-state index in [0.29, 0.717) is 0 Å². The molecule has 0 fully saturated rings. The molecule has 3 rings (SSSR count). The van der Waals surface area contributed by atoms with Crippen LogP contribution in [0.15, 0.2) is 55.4 Å². The lowest BCUT2D eigenvalue weighted by Crippen LogP contribution is -2.00. The summed E-state index contributed by atoms with van der Waals surface area (Å²) in [6, 6.07) is 5.73. The molecule has 0 aliphatic heterocycles. The average Bonchev–Trinajstić information content (AvgIpc) is 3.03. The van der Waals surface area contributed by atoms with Crippen molar-refractivity contribution in [2.75, 3.05) is 0 Å². The molecule has 0 aromatic carbocycles. The quantitative estimate of drug-likeness (QED) is 0.644. The van der Waals surface area contributed by atoms with Gasteiger partial charge in [0.15, 0.2) is 0 Å². The predicted octanol–water partition coefficient (Wildman–Crippen LogP) is 1.45. The molecule has 0 unspecified atom stereocenters. The number of aromatic nitrogens is 5. The van der Waals surface area contributed by atoms with Crippen molar-refractivity contribution in [3.63, 3.8) is 0 Å². The van der Waals surface area contributed by atoms with E-state index in [2.05, 4.69) is 15.2 Å². The third-order valence-electron chi connectivity index (χ3n) is 2.25. The molecule has 16 heavy (non-hydrogen) atoms. The Morgan fingerprint density at radius 3 is 1.81 bits per heavy atom. The third kappa shape index (κ3) is 1.48. The second-order valence-corrected chi connectivity index (χ2v) is 3.30. The van der Waals surface area contributed by atoms with Gasteiger partial charge in [0.1, 0.15) is 0 Å². The van der Waals surface area contributed by atoms with Gasteiger partial charge in [0.05, 0.1) is 23.8 Å². The van der Waals surface area contributed by atoms with Crippen molar-refractivity contribution in [2.45, 2.75) is 0 Å². The largest absolute Gasteiger partial charge is 0.260 e. The molecule has 78 valence electrons. The molecule has 5 heteroatoms. The molecule has 3 heterocycles. The number of pyridine rings is 1. The van der Waals surface area contributed by atoms with Crippen molar-refractivity contribution in [1.29, 1.82) is 0 Å². The maximum absolute atomic E-state index is 4.17. The van der Waals surface area contributed by atoms with Gasteiger partial charge in [0.25, 0.3) is 0 Å². The van der Waals surface area contributed by atoms with Crippen molar-refractivity contribution in [3.05, 3.63) is 55.4 Å². The summed E-state index contributed by atoms with van der Waals surface area (Å²) in [6.45, 7) is 0. The van der Waals surface area contributed by atoms with Crippen LogP contribution in [0, 0.1) is 0 Å². The molecule has 0 saturated heterocycles. The fourth-order valence-corrected chi connectivity index (χ4v) is 1.51. The summed E-state index contributed by atoms with van der Waals surface area (Å²) in [5.41, 5.74) is 1.83. The van der Waals surface area contributed by atoms with E-state index in [4.69, 9.17) is 0 Å². The smallest absolute Gasteiger partial charge is 0.0850 e. The Bertz CT molecular complexity index is 519. The third-order valence-corrected chi connectivity index (χ3v) is 2.25. The standard InChI is InChI=1S/C11H9N5/c1-3-13-15(5-1)10-7-11(9-12-8-10)16-6-2-4-14-16/h1-9H. The zero-order valence-corrected chi connectivity index (χ0v) is 8.43. The van der Waals surface area contributed by atoms with E-state index in [1.165, 1.54) is 0 Å². The van der Waals surface area contributed by atoms with Crippen LogP contribution in [0.25, 0.3) is 11.4 Å². The molecular formula is C11H9N5. The highest BCUT2D eigenvalue weighted by molar-refractivity contribution is 5.39. The van der Waals surface area contributed by atoms with Crippen molar-refractivity contribution in [3.8, 4) is 11.4 Å². The second kappa shape index (κ2) is 3.62. The predicted molar refractivity (Wildman–Crippen MR) is 58.5 cm³/mol. The Balaban J connectivity index is 2.07. The molecule has 0 spiro atoms. The Labute approximate surface area is 92.0 Å². The minimum atomic E-state index is 0.915. The average molecular weight is 211 g/mol. The minimum Gasteiger partial charge on any atom is -0.260 e. The van der Waals surface area contributed by atoms with Crippen LogP contribution in [0.5, 0.6) is 0 Å². The van der Waals surface area contributed by atoms with Crippen LogP contribution in [0.2, 0.25) is 0 Å². The molecule has 0 amide bonds. The van der Waals surface area contributed by atoms with E-state index < -0.39 is 0 Å². The summed E-state index contributed by atoms with van der Waals surface area (Å²) in [4.78, 5) is 4.17. The number of rotatable bonds is 2. The van der Waals surface area contributed by atoms with Gasteiger partial charge in [-0.15, -0.1) is 0 Å². The van der Waals surface area contributed by atoms with Crippen LogP contribution in [0.1, 0.15) is 0 Å². The van der Waals surface area contributed by atoms with E-state index in [0.717, 1.165) is 11.4 Å². The fraction of sp³-hybridized carbons (Fsp3) is 0. The van der Waals surface area contributed by atoms with E-state index in [1.807, 2.05) is 30.6 Å². The van der Waals surface area contributed by atoms with E-state index in [1.54, 1.807) is 34.2 Å². The molecule has 5 nitrogen and oxygen atoms in total. The summed E-state index contributed by atoms with van der Waals surface area (Å²) < 4.78 is 3.53. The molecular weight excluding hydrogens is 202 g/mol. The summed E-state index contributed by atoms with van der Waals surface area (Å²) in [7, 11) is 0. The SMILES string of the molecule is c1cnn(-c2cncc(-n3cccn3)c2)c1. The van der Waals surface area contributed by atoms with Gasteiger partial charge in [-0.3, -0.25) is 4.98 Å². The van der Waals surface area contributed by atoms with Gasteiger partial charge in [0, 0.05) is 24.8 Å². The van der Waals surface area contributed by atoms with Crippen molar-refractivity contribution in [1.82, 2.24) is 24.5 Å². The summed E-state index contributed by atoms with van der Waals surface area (Å²) in [5.74, 6) is 0. The van der Waals surface area contributed by atoms with E-state index in [-0.39, 0.29) is 0 Å². The zero-order valence-electron chi connectivity index (χ0n) is 8.43. The number of hydrogen-bond donors (Lipinski definition) is 0. The molecule has 0 bridgehead atoms. The van der Waals surface area contributed by atoms with Gasteiger partial charge in [-0.25, -0.2) is 9.36 Å². The van der Waals surface area contributed by atoms with Crippen LogP contribution in [-0.2, 0) is 0 Å². The normalized spacial score (nSPS) is 10.5. The topological polar surface area (TPSA) is 48.5 Å². The monoisotopic (exact) mass is 211 g/mol. The first-order valence-corrected chi connectivity index (χ1v) is 4.88. The first-order chi connectivity index (χ1) is 7.93. The molecule has 3 aromatic heterocycles. The van der Waals surface area contributed by atoms with E-state index in [9.17, 15) is 0 Å². The second-order valence-electron chi connectivity index (χ2n) is 3.30. The maximum Gasteiger partial charge on any atom is 0.0850 e. The van der Waals surface area contributed by atoms with Gasteiger partial charge in [-0.1, -0.05) is 0 Å². The molecule has 0 saturated carbocycles. The summed E-state index contributed by atoms with van der Waals surface area (Å²) in [6.07, 6.45) is 10.8. The van der Waals surface area contributed by atoms with Crippen LogP contribution < -0.4 is 0 Å². The molecule has 0 atom stereocenters. The van der Waals surface area contributed by atoms with Gasteiger partial charge < -0.3 is 0 Å². The zero-order chi connectivity index (χ0) is 10.8. The molecule has 0 aliphatic rings. The molecule has 0 radical (unpaired) electrons. The maximum atomic E-state index is 4.17. The fourth-order valence-electron chi connectivity index (χ4n) is 1.51.